The zero-order valence-corrected chi connectivity index (χ0v) is 11.1. The fourth-order valence-electron chi connectivity index (χ4n) is 1.94. The van der Waals surface area contributed by atoms with Gasteiger partial charge in [0.25, 0.3) is 5.91 Å². The van der Waals surface area contributed by atoms with Gasteiger partial charge < -0.3 is 10.4 Å². The zero-order valence-electron chi connectivity index (χ0n) is 11.1. The molecule has 1 amide bonds. The Kier molecular flexibility index (Phi) is 3.85. The van der Waals surface area contributed by atoms with Crippen molar-refractivity contribution in [1.82, 2.24) is 5.32 Å². The summed E-state index contributed by atoms with van der Waals surface area (Å²) >= 11 is 0. The maximum atomic E-state index is 11.8. The molecule has 0 saturated carbocycles. The van der Waals surface area contributed by atoms with Crippen LogP contribution in [0.5, 0.6) is 5.75 Å². The van der Waals surface area contributed by atoms with Crippen molar-refractivity contribution >= 4 is 5.91 Å². The molecule has 2 aromatic rings. The van der Waals surface area contributed by atoms with Crippen molar-refractivity contribution in [1.29, 1.82) is 0 Å². The molecule has 19 heavy (non-hydrogen) atoms. The van der Waals surface area contributed by atoms with Crippen LogP contribution in [-0.2, 0) is 0 Å². The monoisotopic (exact) mass is 255 g/mol. The van der Waals surface area contributed by atoms with E-state index in [2.05, 4.69) is 5.32 Å². The molecule has 0 bridgehead atoms. The number of hydrogen-bond acceptors (Lipinski definition) is 2. The number of aromatic hydroxyl groups is 1. The zero-order chi connectivity index (χ0) is 13.8. The number of carbonyl (C=O) groups excluding carboxylic acids is 1. The van der Waals surface area contributed by atoms with Crippen LogP contribution >= 0.6 is 0 Å². The molecular formula is C16H17NO2. The number of hydrogen-bond donors (Lipinski definition) is 2. The highest BCUT2D eigenvalue weighted by atomic mass is 16.3. The molecule has 2 aromatic carbocycles. The molecule has 2 N–H and O–H groups in total. The van der Waals surface area contributed by atoms with Crippen LogP contribution in [0, 0.1) is 6.92 Å². The van der Waals surface area contributed by atoms with E-state index in [4.69, 9.17) is 0 Å². The maximum Gasteiger partial charge on any atom is 0.251 e. The van der Waals surface area contributed by atoms with E-state index in [9.17, 15) is 9.90 Å². The van der Waals surface area contributed by atoms with Crippen LogP contribution in [0.25, 0.3) is 11.1 Å². The molecule has 0 unspecified atom stereocenters. The van der Waals surface area contributed by atoms with Crippen molar-refractivity contribution in [2.45, 2.75) is 13.8 Å². The fourth-order valence-corrected chi connectivity index (χ4v) is 1.94. The van der Waals surface area contributed by atoms with E-state index in [-0.39, 0.29) is 11.7 Å². The smallest absolute Gasteiger partial charge is 0.251 e. The Balaban J connectivity index is 2.37. The number of benzene rings is 2. The number of rotatable bonds is 3. The van der Waals surface area contributed by atoms with E-state index in [1.165, 1.54) is 0 Å². The second kappa shape index (κ2) is 5.57. The van der Waals surface area contributed by atoms with Gasteiger partial charge in [0, 0.05) is 12.1 Å². The Morgan fingerprint density at radius 1 is 1.16 bits per heavy atom. The summed E-state index contributed by atoms with van der Waals surface area (Å²) < 4.78 is 0. The minimum absolute atomic E-state index is 0.0696. The first kappa shape index (κ1) is 13.1. The summed E-state index contributed by atoms with van der Waals surface area (Å²) in [7, 11) is 0. The molecule has 0 spiro atoms. The third-order valence-corrected chi connectivity index (χ3v) is 2.99. The number of phenols is 1. The van der Waals surface area contributed by atoms with Gasteiger partial charge in [-0.15, -0.1) is 0 Å². The lowest BCUT2D eigenvalue weighted by molar-refractivity contribution is 0.0956. The van der Waals surface area contributed by atoms with Gasteiger partial charge in [0.1, 0.15) is 5.75 Å². The average molecular weight is 255 g/mol. The molecule has 0 heterocycles. The molecule has 98 valence electrons. The van der Waals surface area contributed by atoms with E-state index in [1.807, 2.05) is 44.2 Å². The molecule has 0 saturated heterocycles. The lowest BCUT2D eigenvalue weighted by atomic mass is 10.0. The number of carbonyl (C=O) groups is 1. The van der Waals surface area contributed by atoms with Gasteiger partial charge in [0.05, 0.1) is 0 Å². The predicted octanol–water partition coefficient (Wildman–Crippen LogP) is 3.12. The van der Waals surface area contributed by atoms with Crippen molar-refractivity contribution in [3.05, 3.63) is 53.6 Å². The van der Waals surface area contributed by atoms with Crippen LogP contribution in [0.15, 0.2) is 42.5 Å². The van der Waals surface area contributed by atoms with Gasteiger partial charge in [-0.1, -0.05) is 18.2 Å². The summed E-state index contributed by atoms with van der Waals surface area (Å²) in [4.78, 5) is 11.8. The van der Waals surface area contributed by atoms with Crippen molar-refractivity contribution in [3.63, 3.8) is 0 Å². The summed E-state index contributed by atoms with van der Waals surface area (Å²) in [5.74, 6) is 0.212. The largest absolute Gasteiger partial charge is 0.508 e. The molecule has 0 aromatic heterocycles. The third-order valence-electron chi connectivity index (χ3n) is 2.99. The molecule has 0 radical (unpaired) electrons. The first-order valence-electron chi connectivity index (χ1n) is 6.30. The molecule has 3 heteroatoms. The lowest BCUT2D eigenvalue weighted by Gasteiger charge is -2.07. The van der Waals surface area contributed by atoms with E-state index in [1.54, 1.807) is 12.1 Å². The van der Waals surface area contributed by atoms with Crippen molar-refractivity contribution in [2.24, 2.45) is 0 Å². The van der Waals surface area contributed by atoms with Gasteiger partial charge in [0.2, 0.25) is 0 Å². The highest BCUT2D eigenvalue weighted by Gasteiger charge is 2.06. The Bertz CT molecular complexity index is 605. The second-order valence-electron chi connectivity index (χ2n) is 4.44. The normalized spacial score (nSPS) is 10.2. The molecule has 3 nitrogen and oxygen atoms in total. The van der Waals surface area contributed by atoms with Gasteiger partial charge in [-0.05, 0) is 54.8 Å². The highest BCUT2D eigenvalue weighted by molar-refractivity contribution is 5.95. The number of aryl methyl sites for hydroxylation is 1. The SMILES string of the molecule is CCNC(=O)c1cccc(-c2ccc(O)c(C)c2)c1. The molecule has 0 atom stereocenters. The van der Waals surface area contributed by atoms with Crippen LogP contribution in [-0.4, -0.2) is 17.6 Å². The molecular weight excluding hydrogens is 238 g/mol. The quantitative estimate of drug-likeness (QED) is 0.885. The maximum absolute atomic E-state index is 11.8. The van der Waals surface area contributed by atoms with E-state index < -0.39 is 0 Å². The molecule has 0 aliphatic rings. The number of phenolic OH excluding ortho intramolecular Hbond substituents is 1. The minimum Gasteiger partial charge on any atom is -0.508 e. The third kappa shape index (κ3) is 2.94. The van der Waals surface area contributed by atoms with Crippen LogP contribution in [0.2, 0.25) is 0 Å². The minimum atomic E-state index is -0.0696. The first-order valence-corrected chi connectivity index (χ1v) is 6.30. The Hall–Kier alpha value is -2.29. The standard InChI is InChI=1S/C16H17NO2/c1-3-17-16(19)14-6-4-5-12(10-14)13-7-8-15(18)11(2)9-13/h4-10,18H,3H2,1-2H3,(H,17,19). The van der Waals surface area contributed by atoms with E-state index in [0.717, 1.165) is 16.7 Å². The van der Waals surface area contributed by atoms with Crippen LogP contribution < -0.4 is 5.32 Å². The number of nitrogens with one attached hydrogen (secondary N) is 1. The van der Waals surface area contributed by atoms with Crippen LogP contribution in [0.3, 0.4) is 0 Å². The van der Waals surface area contributed by atoms with Crippen molar-refractivity contribution in [3.8, 4) is 16.9 Å². The van der Waals surface area contributed by atoms with Gasteiger partial charge >= 0.3 is 0 Å². The molecule has 0 fully saturated rings. The molecule has 0 aliphatic carbocycles. The molecule has 0 aliphatic heterocycles. The van der Waals surface area contributed by atoms with E-state index in [0.29, 0.717) is 12.1 Å². The lowest BCUT2D eigenvalue weighted by Crippen LogP contribution is -2.22. The van der Waals surface area contributed by atoms with Gasteiger partial charge in [-0.25, -0.2) is 0 Å². The topological polar surface area (TPSA) is 49.3 Å². The van der Waals surface area contributed by atoms with Crippen molar-refractivity contribution < 1.29 is 9.90 Å². The Morgan fingerprint density at radius 2 is 1.89 bits per heavy atom. The second-order valence-corrected chi connectivity index (χ2v) is 4.44. The summed E-state index contributed by atoms with van der Waals surface area (Å²) in [6.45, 7) is 4.36. The first-order chi connectivity index (χ1) is 9.11. The number of amides is 1. The highest BCUT2D eigenvalue weighted by Crippen LogP contribution is 2.25. The average Bonchev–Trinajstić information content (AvgIpc) is 2.42. The van der Waals surface area contributed by atoms with E-state index >= 15 is 0 Å². The van der Waals surface area contributed by atoms with Gasteiger partial charge in [-0.2, -0.15) is 0 Å². The Morgan fingerprint density at radius 3 is 2.58 bits per heavy atom. The predicted molar refractivity (Wildman–Crippen MR) is 76.3 cm³/mol. The fraction of sp³-hybridized carbons (Fsp3) is 0.188. The van der Waals surface area contributed by atoms with Crippen molar-refractivity contribution in [2.75, 3.05) is 6.54 Å². The van der Waals surface area contributed by atoms with Crippen LogP contribution in [0.1, 0.15) is 22.8 Å². The van der Waals surface area contributed by atoms with Gasteiger partial charge in [-0.3, -0.25) is 4.79 Å². The van der Waals surface area contributed by atoms with Crippen LogP contribution in [0.4, 0.5) is 0 Å². The molecule has 2 rings (SSSR count). The van der Waals surface area contributed by atoms with Gasteiger partial charge in [0.15, 0.2) is 0 Å². The summed E-state index contributed by atoms with van der Waals surface area (Å²) in [6.07, 6.45) is 0. The summed E-state index contributed by atoms with van der Waals surface area (Å²) in [6, 6.07) is 12.9. The summed E-state index contributed by atoms with van der Waals surface area (Å²) in [5.41, 5.74) is 3.42. The Labute approximate surface area is 112 Å². The summed E-state index contributed by atoms with van der Waals surface area (Å²) in [5, 5.41) is 12.3.